The van der Waals surface area contributed by atoms with Gasteiger partial charge in [0.25, 0.3) is 0 Å². The average Bonchev–Trinajstić information content (AvgIpc) is 2.26. The largest absolute Gasteiger partial charge is 0.306 e. The number of carbonyl (C=O) groups is 1. The van der Waals surface area contributed by atoms with E-state index in [0.717, 1.165) is 5.56 Å². The van der Waals surface area contributed by atoms with Crippen molar-refractivity contribution in [3.63, 3.8) is 0 Å². The number of Topliss-reactive ketones (excluding diaryl/α,β-unsaturated/α-hetero) is 1. The van der Waals surface area contributed by atoms with Crippen LogP contribution in [-0.2, 0) is 11.3 Å². The number of hydrogen-bond acceptors (Lipinski definition) is 2. The zero-order valence-electron chi connectivity index (χ0n) is 10.4. The Morgan fingerprint density at radius 3 is 2.50 bits per heavy atom. The maximum Gasteiger partial charge on any atom is 0.143 e. The second-order valence-corrected chi connectivity index (χ2v) is 3.39. The van der Waals surface area contributed by atoms with Crippen molar-refractivity contribution in [1.82, 2.24) is 5.32 Å². The van der Waals surface area contributed by atoms with Crippen LogP contribution in [0.15, 0.2) is 18.2 Å². The van der Waals surface area contributed by atoms with Crippen molar-refractivity contribution in [1.29, 1.82) is 0 Å². The third-order valence-electron chi connectivity index (χ3n) is 1.94. The van der Waals surface area contributed by atoms with E-state index in [1.807, 2.05) is 19.9 Å². The molecule has 0 atom stereocenters. The predicted molar refractivity (Wildman–Crippen MR) is 64.9 cm³/mol. The molecule has 90 valence electrons. The van der Waals surface area contributed by atoms with E-state index in [4.69, 9.17) is 0 Å². The topological polar surface area (TPSA) is 29.1 Å². The van der Waals surface area contributed by atoms with Gasteiger partial charge < -0.3 is 5.32 Å². The van der Waals surface area contributed by atoms with Crippen molar-refractivity contribution in [2.24, 2.45) is 0 Å². The first-order chi connectivity index (χ1) is 7.59. The molecule has 0 radical (unpaired) electrons. The van der Waals surface area contributed by atoms with Gasteiger partial charge in [-0.05, 0) is 31.0 Å². The minimum atomic E-state index is -0.202. The summed E-state index contributed by atoms with van der Waals surface area (Å²) in [5.41, 5.74) is 1.50. The fraction of sp³-hybridized carbons (Fsp3) is 0.462. The predicted octanol–water partition coefficient (Wildman–Crippen LogP) is 2.84. The summed E-state index contributed by atoms with van der Waals surface area (Å²) in [6.45, 7) is 8.09. The molecule has 0 spiro atoms. The Balaban J connectivity index is 0.00000106. The number of benzene rings is 1. The number of rotatable bonds is 4. The number of halogens is 1. The van der Waals surface area contributed by atoms with Crippen LogP contribution in [0.1, 0.15) is 31.9 Å². The monoisotopic (exact) mass is 225 g/mol. The lowest BCUT2D eigenvalue weighted by Gasteiger charge is -2.03. The Labute approximate surface area is 96.9 Å². The summed E-state index contributed by atoms with van der Waals surface area (Å²) in [5, 5.41) is 2.93. The molecular formula is C13H20FNO. The molecule has 3 heteroatoms. The maximum atomic E-state index is 13.1. The van der Waals surface area contributed by atoms with Gasteiger partial charge in [0.2, 0.25) is 0 Å². The van der Waals surface area contributed by atoms with Gasteiger partial charge in [0.15, 0.2) is 0 Å². The smallest absolute Gasteiger partial charge is 0.143 e. The van der Waals surface area contributed by atoms with Gasteiger partial charge in [-0.3, -0.25) is 4.79 Å². The second-order valence-electron chi connectivity index (χ2n) is 3.39. The van der Waals surface area contributed by atoms with Gasteiger partial charge in [0.1, 0.15) is 11.6 Å². The van der Waals surface area contributed by atoms with E-state index in [0.29, 0.717) is 18.7 Å². The van der Waals surface area contributed by atoms with Crippen LogP contribution >= 0.6 is 0 Å². The summed E-state index contributed by atoms with van der Waals surface area (Å²) in [7, 11) is 0. The van der Waals surface area contributed by atoms with E-state index in [9.17, 15) is 9.18 Å². The molecule has 0 heterocycles. The molecule has 16 heavy (non-hydrogen) atoms. The molecule has 2 nitrogen and oxygen atoms in total. The number of nitrogens with one attached hydrogen (secondary N) is 1. The maximum absolute atomic E-state index is 13.1. The summed E-state index contributed by atoms with van der Waals surface area (Å²) in [6.07, 6.45) is 0. The van der Waals surface area contributed by atoms with E-state index < -0.39 is 0 Å². The summed E-state index contributed by atoms with van der Waals surface area (Å²) in [5.74, 6) is -0.121. The summed E-state index contributed by atoms with van der Waals surface area (Å²) in [4.78, 5) is 10.6. The highest BCUT2D eigenvalue weighted by Gasteiger charge is 1.99. The standard InChI is InChI=1S/C11H14FNO.C2H6/c1-8-3-4-10(5-11(8)12)7-13-6-9(2)14;1-2/h3-5,13H,6-7H2,1-2H3;1-2H3. The first-order valence-corrected chi connectivity index (χ1v) is 5.55. The summed E-state index contributed by atoms with van der Waals surface area (Å²) >= 11 is 0. The third kappa shape index (κ3) is 5.61. The van der Waals surface area contributed by atoms with Crippen molar-refractivity contribution >= 4 is 5.78 Å². The lowest BCUT2D eigenvalue weighted by molar-refractivity contribution is -0.116. The van der Waals surface area contributed by atoms with Gasteiger partial charge in [0, 0.05) is 6.54 Å². The quantitative estimate of drug-likeness (QED) is 0.853. The van der Waals surface area contributed by atoms with E-state index >= 15 is 0 Å². The van der Waals surface area contributed by atoms with E-state index in [2.05, 4.69) is 5.32 Å². The molecule has 1 rings (SSSR count). The van der Waals surface area contributed by atoms with Crippen molar-refractivity contribution < 1.29 is 9.18 Å². The Hall–Kier alpha value is -1.22. The molecule has 1 N–H and O–H groups in total. The van der Waals surface area contributed by atoms with Crippen molar-refractivity contribution in [3.8, 4) is 0 Å². The van der Waals surface area contributed by atoms with Crippen molar-refractivity contribution in [3.05, 3.63) is 35.1 Å². The first-order valence-electron chi connectivity index (χ1n) is 5.55. The molecule has 0 bridgehead atoms. The zero-order chi connectivity index (χ0) is 12.6. The van der Waals surface area contributed by atoms with E-state index in [1.54, 1.807) is 13.0 Å². The molecule has 1 aromatic carbocycles. The lowest BCUT2D eigenvalue weighted by atomic mass is 10.1. The Kier molecular flexibility index (Phi) is 7.38. The van der Waals surface area contributed by atoms with Gasteiger partial charge in [-0.1, -0.05) is 26.0 Å². The molecule has 0 unspecified atom stereocenters. The second kappa shape index (κ2) is 7.99. The number of hydrogen-bond donors (Lipinski definition) is 1. The summed E-state index contributed by atoms with van der Waals surface area (Å²) in [6, 6.07) is 5.08. The number of carbonyl (C=O) groups excluding carboxylic acids is 1. The van der Waals surface area contributed by atoms with Crippen LogP contribution in [0, 0.1) is 12.7 Å². The lowest BCUT2D eigenvalue weighted by Crippen LogP contribution is -2.20. The normalized spacial score (nSPS) is 9.31. The van der Waals surface area contributed by atoms with Gasteiger partial charge in [-0.2, -0.15) is 0 Å². The fourth-order valence-electron chi connectivity index (χ4n) is 1.13. The zero-order valence-corrected chi connectivity index (χ0v) is 10.4. The van der Waals surface area contributed by atoms with Crippen molar-refractivity contribution in [2.75, 3.05) is 6.54 Å². The minimum Gasteiger partial charge on any atom is -0.306 e. The van der Waals surface area contributed by atoms with Gasteiger partial charge in [-0.25, -0.2) is 4.39 Å². The molecule has 0 amide bonds. The Morgan fingerprint density at radius 2 is 2.00 bits per heavy atom. The van der Waals surface area contributed by atoms with Crippen LogP contribution in [-0.4, -0.2) is 12.3 Å². The highest BCUT2D eigenvalue weighted by molar-refractivity contribution is 5.77. The minimum absolute atomic E-state index is 0.0811. The molecule has 0 fully saturated rings. The van der Waals surface area contributed by atoms with E-state index in [1.165, 1.54) is 13.0 Å². The SMILES string of the molecule is CC.CC(=O)CNCc1ccc(C)c(F)c1. The van der Waals surface area contributed by atoms with Gasteiger partial charge in [0.05, 0.1) is 6.54 Å². The van der Waals surface area contributed by atoms with E-state index in [-0.39, 0.29) is 11.6 Å². The average molecular weight is 225 g/mol. The van der Waals surface area contributed by atoms with Crippen LogP contribution < -0.4 is 5.32 Å². The summed E-state index contributed by atoms with van der Waals surface area (Å²) < 4.78 is 13.1. The number of ketones is 1. The van der Waals surface area contributed by atoms with Crippen LogP contribution in [0.25, 0.3) is 0 Å². The molecule has 0 saturated carbocycles. The molecular weight excluding hydrogens is 205 g/mol. The van der Waals surface area contributed by atoms with Crippen molar-refractivity contribution in [2.45, 2.75) is 34.2 Å². The fourth-order valence-corrected chi connectivity index (χ4v) is 1.13. The molecule has 0 aromatic heterocycles. The molecule has 0 aliphatic carbocycles. The third-order valence-corrected chi connectivity index (χ3v) is 1.94. The number of aryl methyl sites for hydroxylation is 1. The first kappa shape index (κ1) is 14.8. The molecule has 0 saturated heterocycles. The Bertz CT molecular complexity index is 337. The molecule has 1 aromatic rings. The molecule has 0 aliphatic rings. The highest BCUT2D eigenvalue weighted by Crippen LogP contribution is 2.08. The van der Waals surface area contributed by atoms with Gasteiger partial charge in [-0.15, -0.1) is 0 Å². The Morgan fingerprint density at radius 1 is 1.38 bits per heavy atom. The van der Waals surface area contributed by atoms with Crippen LogP contribution in [0.5, 0.6) is 0 Å². The molecule has 0 aliphatic heterocycles. The van der Waals surface area contributed by atoms with Crippen LogP contribution in [0.4, 0.5) is 4.39 Å². The highest BCUT2D eigenvalue weighted by atomic mass is 19.1. The van der Waals surface area contributed by atoms with Crippen LogP contribution in [0.2, 0.25) is 0 Å². The van der Waals surface area contributed by atoms with Gasteiger partial charge >= 0.3 is 0 Å². The van der Waals surface area contributed by atoms with Crippen LogP contribution in [0.3, 0.4) is 0 Å².